The Hall–Kier alpha value is -0.970. The van der Waals surface area contributed by atoms with Gasteiger partial charge in [-0.1, -0.05) is 0 Å². The zero-order chi connectivity index (χ0) is 9.26. The lowest BCUT2D eigenvalue weighted by Gasteiger charge is -2.07. The summed E-state index contributed by atoms with van der Waals surface area (Å²) in [6.45, 7) is 1.89. The molecular formula is C9H10N2OS. The largest absolute Gasteiger partial charge is 0.316 e. The van der Waals surface area contributed by atoms with E-state index in [0.29, 0.717) is 0 Å². The third-order valence-electron chi connectivity index (χ3n) is 2.02. The lowest BCUT2D eigenvalue weighted by atomic mass is 10.1. The highest BCUT2D eigenvalue weighted by Crippen LogP contribution is 2.22. The van der Waals surface area contributed by atoms with Gasteiger partial charge in [0.05, 0.1) is 16.3 Å². The Balaban J connectivity index is 2.48. The Morgan fingerprint density at radius 1 is 1.62 bits per heavy atom. The predicted octanol–water partition coefficient (Wildman–Crippen LogP) is 2.34. The van der Waals surface area contributed by atoms with Crippen LogP contribution in [0.2, 0.25) is 0 Å². The average molecular weight is 194 g/mol. The standard InChI is InChI=1S/C9H10N2OS/c1-6(11-12)7-4-9-8(10-5-7)2-3-13-9/h2-6,11-12H,1H3. The number of nitrogens with one attached hydrogen (secondary N) is 1. The first-order valence-electron chi connectivity index (χ1n) is 4.04. The van der Waals surface area contributed by atoms with E-state index in [0.717, 1.165) is 15.8 Å². The summed E-state index contributed by atoms with van der Waals surface area (Å²) in [5, 5.41) is 10.7. The van der Waals surface area contributed by atoms with Gasteiger partial charge in [0.2, 0.25) is 0 Å². The Bertz CT molecular complexity index is 413. The van der Waals surface area contributed by atoms with Crippen molar-refractivity contribution in [1.29, 1.82) is 0 Å². The van der Waals surface area contributed by atoms with Crippen molar-refractivity contribution < 1.29 is 5.21 Å². The van der Waals surface area contributed by atoms with E-state index in [1.807, 2.05) is 24.4 Å². The summed E-state index contributed by atoms with van der Waals surface area (Å²) < 4.78 is 1.15. The van der Waals surface area contributed by atoms with E-state index in [2.05, 4.69) is 10.5 Å². The summed E-state index contributed by atoms with van der Waals surface area (Å²) in [7, 11) is 0. The van der Waals surface area contributed by atoms with Gasteiger partial charge in [0.25, 0.3) is 0 Å². The predicted molar refractivity (Wildman–Crippen MR) is 53.0 cm³/mol. The van der Waals surface area contributed by atoms with Crippen molar-refractivity contribution >= 4 is 21.6 Å². The number of rotatable bonds is 2. The van der Waals surface area contributed by atoms with Crippen LogP contribution >= 0.6 is 11.3 Å². The number of hydroxylamine groups is 1. The summed E-state index contributed by atoms with van der Waals surface area (Å²) in [6, 6.07) is 3.96. The number of hydrogen-bond donors (Lipinski definition) is 2. The fourth-order valence-electron chi connectivity index (χ4n) is 1.17. The van der Waals surface area contributed by atoms with Crippen LogP contribution in [0.1, 0.15) is 18.5 Å². The summed E-state index contributed by atoms with van der Waals surface area (Å²) in [4.78, 5) is 4.27. The Morgan fingerprint density at radius 2 is 2.46 bits per heavy atom. The highest BCUT2D eigenvalue weighted by molar-refractivity contribution is 7.17. The molecule has 2 heterocycles. The molecule has 1 unspecified atom stereocenters. The lowest BCUT2D eigenvalue weighted by Crippen LogP contribution is -2.13. The molecule has 0 aliphatic rings. The van der Waals surface area contributed by atoms with Gasteiger partial charge in [0.15, 0.2) is 0 Å². The number of nitrogens with zero attached hydrogens (tertiary/aromatic N) is 1. The lowest BCUT2D eigenvalue weighted by molar-refractivity contribution is 0.133. The molecule has 0 amide bonds. The van der Waals surface area contributed by atoms with Crippen LogP contribution in [-0.4, -0.2) is 10.2 Å². The van der Waals surface area contributed by atoms with Gasteiger partial charge in [-0.25, -0.2) is 0 Å². The molecule has 4 heteroatoms. The molecule has 68 valence electrons. The van der Waals surface area contributed by atoms with E-state index in [4.69, 9.17) is 5.21 Å². The van der Waals surface area contributed by atoms with Gasteiger partial charge in [-0.2, -0.15) is 5.48 Å². The second kappa shape index (κ2) is 3.41. The molecule has 0 spiro atoms. The molecule has 2 aromatic rings. The monoisotopic (exact) mass is 194 g/mol. The molecule has 2 rings (SSSR count). The number of thiophene rings is 1. The molecule has 2 aromatic heterocycles. The summed E-state index contributed by atoms with van der Waals surface area (Å²) in [5.41, 5.74) is 4.21. The third-order valence-corrected chi connectivity index (χ3v) is 2.87. The summed E-state index contributed by atoms with van der Waals surface area (Å²) in [6.07, 6.45) is 1.78. The second-order valence-electron chi connectivity index (χ2n) is 2.92. The number of fused-ring (bicyclic) bond motifs is 1. The minimum absolute atomic E-state index is 0.0704. The molecular weight excluding hydrogens is 184 g/mol. The maximum absolute atomic E-state index is 8.74. The van der Waals surface area contributed by atoms with Crippen molar-refractivity contribution in [2.24, 2.45) is 0 Å². The van der Waals surface area contributed by atoms with Crippen LogP contribution in [0.5, 0.6) is 0 Å². The number of pyridine rings is 1. The molecule has 0 saturated heterocycles. The first kappa shape index (κ1) is 8.62. The van der Waals surface area contributed by atoms with Crippen LogP contribution in [0, 0.1) is 0 Å². The quantitative estimate of drug-likeness (QED) is 0.721. The van der Waals surface area contributed by atoms with Crippen molar-refractivity contribution in [3.8, 4) is 0 Å². The van der Waals surface area contributed by atoms with Crippen LogP contribution in [0.25, 0.3) is 10.2 Å². The average Bonchev–Trinajstić information content (AvgIpc) is 2.63. The highest BCUT2D eigenvalue weighted by atomic mass is 32.1. The van der Waals surface area contributed by atoms with Crippen molar-refractivity contribution in [3.05, 3.63) is 29.3 Å². The molecule has 0 radical (unpaired) electrons. The number of aromatic nitrogens is 1. The van der Waals surface area contributed by atoms with Gasteiger partial charge >= 0.3 is 0 Å². The SMILES string of the molecule is CC(NO)c1cnc2ccsc2c1. The normalized spacial score (nSPS) is 13.4. The van der Waals surface area contributed by atoms with E-state index in [9.17, 15) is 0 Å². The zero-order valence-corrected chi connectivity index (χ0v) is 8.01. The van der Waals surface area contributed by atoms with Gasteiger partial charge in [0, 0.05) is 6.20 Å². The number of hydrogen-bond acceptors (Lipinski definition) is 4. The molecule has 13 heavy (non-hydrogen) atoms. The molecule has 0 aliphatic heterocycles. The molecule has 0 saturated carbocycles. The Morgan fingerprint density at radius 3 is 3.23 bits per heavy atom. The van der Waals surface area contributed by atoms with Crippen LogP contribution < -0.4 is 5.48 Å². The fourth-order valence-corrected chi connectivity index (χ4v) is 1.96. The maximum Gasteiger partial charge on any atom is 0.0809 e. The van der Waals surface area contributed by atoms with Crippen molar-refractivity contribution in [1.82, 2.24) is 10.5 Å². The Labute approximate surface area is 80.0 Å². The van der Waals surface area contributed by atoms with Gasteiger partial charge in [0.1, 0.15) is 0 Å². The minimum atomic E-state index is -0.0704. The first-order chi connectivity index (χ1) is 6.31. The molecule has 0 fully saturated rings. The second-order valence-corrected chi connectivity index (χ2v) is 3.87. The summed E-state index contributed by atoms with van der Waals surface area (Å²) >= 11 is 1.66. The minimum Gasteiger partial charge on any atom is -0.316 e. The van der Waals surface area contributed by atoms with Gasteiger partial charge in [-0.15, -0.1) is 11.3 Å². The van der Waals surface area contributed by atoms with Crippen molar-refractivity contribution in [2.45, 2.75) is 13.0 Å². The van der Waals surface area contributed by atoms with E-state index in [1.54, 1.807) is 17.5 Å². The van der Waals surface area contributed by atoms with E-state index in [1.165, 1.54) is 0 Å². The zero-order valence-electron chi connectivity index (χ0n) is 7.19. The summed E-state index contributed by atoms with van der Waals surface area (Å²) in [5.74, 6) is 0. The van der Waals surface area contributed by atoms with Gasteiger partial charge in [-0.3, -0.25) is 4.98 Å². The third kappa shape index (κ3) is 1.56. The van der Waals surface area contributed by atoms with E-state index < -0.39 is 0 Å². The van der Waals surface area contributed by atoms with E-state index in [-0.39, 0.29) is 6.04 Å². The van der Waals surface area contributed by atoms with Gasteiger partial charge < -0.3 is 5.21 Å². The Kier molecular flexibility index (Phi) is 2.26. The topological polar surface area (TPSA) is 45.1 Å². The van der Waals surface area contributed by atoms with Crippen molar-refractivity contribution in [3.63, 3.8) is 0 Å². The smallest absolute Gasteiger partial charge is 0.0809 e. The van der Waals surface area contributed by atoms with E-state index >= 15 is 0 Å². The van der Waals surface area contributed by atoms with Gasteiger partial charge in [-0.05, 0) is 30.0 Å². The van der Waals surface area contributed by atoms with Crippen molar-refractivity contribution in [2.75, 3.05) is 0 Å². The van der Waals surface area contributed by atoms with Crippen LogP contribution in [0.3, 0.4) is 0 Å². The molecule has 3 nitrogen and oxygen atoms in total. The first-order valence-corrected chi connectivity index (χ1v) is 4.92. The molecule has 0 bridgehead atoms. The molecule has 2 N–H and O–H groups in total. The van der Waals surface area contributed by atoms with Crippen LogP contribution in [-0.2, 0) is 0 Å². The van der Waals surface area contributed by atoms with Crippen LogP contribution in [0.15, 0.2) is 23.7 Å². The molecule has 1 atom stereocenters. The highest BCUT2D eigenvalue weighted by Gasteiger charge is 2.05. The van der Waals surface area contributed by atoms with Crippen LogP contribution in [0.4, 0.5) is 0 Å². The molecule has 0 aromatic carbocycles. The molecule has 0 aliphatic carbocycles. The fraction of sp³-hybridized carbons (Fsp3) is 0.222. The maximum atomic E-state index is 8.74.